The molecule has 1 aliphatic heterocycles. The summed E-state index contributed by atoms with van der Waals surface area (Å²) in [4.78, 5) is 14.9. The van der Waals surface area contributed by atoms with Crippen LogP contribution in [0.2, 0.25) is 0 Å². The maximum Gasteiger partial charge on any atom is 0.340 e. The molecule has 0 unspecified atom stereocenters. The van der Waals surface area contributed by atoms with E-state index in [-0.39, 0.29) is 11.5 Å². The zero-order chi connectivity index (χ0) is 19.9. The number of benzene rings is 1. The van der Waals surface area contributed by atoms with Gasteiger partial charge in [0.1, 0.15) is 0 Å². The van der Waals surface area contributed by atoms with Crippen LogP contribution in [0.5, 0.6) is 0 Å². The van der Waals surface area contributed by atoms with E-state index < -0.39 is 0 Å². The van der Waals surface area contributed by atoms with Crippen LogP contribution in [0, 0.1) is 12.8 Å². The fourth-order valence-electron chi connectivity index (χ4n) is 5.04. The van der Waals surface area contributed by atoms with Crippen LogP contribution in [0.15, 0.2) is 24.3 Å². The number of para-hydroxylation sites is 1. The number of nitrogens with zero attached hydrogens (tertiary/aromatic N) is 2. The van der Waals surface area contributed by atoms with Gasteiger partial charge in [-0.2, -0.15) is 0 Å². The van der Waals surface area contributed by atoms with Gasteiger partial charge in [0, 0.05) is 29.2 Å². The number of fused-ring (bicyclic) bond motifs is 1. The monoisotopic (exact) mass is 384 g/mol. The predicted octanol–water partition coefficient (Wildman–Crippen LogP) is 4.02. The van der Waals surface area contributed by atoms with Crippen LogP contribution >= 0.6 is 0 Å². The quantitative estimate of drug-likeness (QED) is 0.731. The second-order valence-electron chi connectivity index (χ2n) is 8.85. The van der Waals surface area contributed by atoms with Crippen molar-refractivity contribution in [3.8, 4) is 0 Å². The number of carbonyl (C=O) groups is 1. The first-order valence-electron chi connectivity index (χ1n) is 10.4. The van der Waals surface area contributed by atoms with Crippen molar-refractivity contribution in [1.29, 1.82) is 0 Å². The number of aromatic nitrogens is 1. The summed E-state index contributed by atoms with van der Waals surface area (Å²) in [5, 5.41) is 0.998. The van der Waals surface area contributed by atoms with Gasteiger partial charge in [0.2, 0.25) is 0 Å². The van der Waals surface area contributed by atoms with Crippen LogP contribution in [0.1, 0.15) is 48.7 Å². The van der Waals surface area contributed by atoms with E-state index in [1.165, 1.54) is 32.8 Å². The third-order valence-electron chi connectivity index (χ3n) is 7.10. The summed E-state index contributed by atoms with van der Waals surface area (Å²) in [5.41, 5.74) is 3.09. The van der Waals surface area contributed by atoms with Gasteiger partial charge in [-0.1, -0.05) is 18.2 Å². The topological polar surface area (TPSA) is 43.7 Å². The highest BCUT2D eigenvalue weighted by Gasteiger charge is 2.41. The van der Waals surface area contributed by atoms with Gasteiger partial charge in [0.05, 0.1) is 31.4 Å². The third-order valence-corrected chi connectivity index (χ3v) is 7.10. The molecule has 1 saturated carbocycles. The Morgan fingerprint density at radius 2 is 1.93 bits per heavy atom. The van der Waals surface area contributed by atoms with Crippen molar-refractivity contribution in [2.75, 3.05) is 27.4 Å². The molecular formula is C23H32N2O3. The van der Waals surface area contributed by atoms with Gasteiger partial charge < -0.3 is 14.0 Å². The van der Waals surface area contributed by atoms with Crippen LogP contribution < -0.4 is 0 Å². The fourth-order valence-corrected chi connectivity index (χ4v) is 5.04. The number of hydrogen-bond acceptors (Lipinski definition) is 4. The molecule has 152 valence electrons. The number of hydrogen-bond donors (Lipinski definition) is 0. The first-order valence-corrected chi connectivity index (χ1v) is 10.4. The molecule has 4 rings (SSSR count). The number of rotatable bonds is 5. The van der Waals surface area contributed by atoms with Crippen LogP contribution in [0.3, 0.4) is 0 Å². The molecule has 0 radical (unpaired) electrons. The number of ether oxygens (including phenoxy) is 2. The Morgan fingerprint density at radius 1 is 1.25 bits per heavy atom. The maximum atomic E-state index is 12.3. The molecule has 2 fully saturated rings. The SMILES string of the molecule is COC(=O)c1c(C)n(CC2CCC(N(C)C3(C)COC3)CC2)c2ccccc12. The smallest absolute Gasteiger partial charge is 0.340 e. The summed E-state index contributed by atoms with van der Waals surface area (Å²) in [6.45, 7) is 7.04. The van der Waals surface area contributed by atoms with Crippen molar-refractivity contribution in [1.82, 2.24) is 9.47 Å². The minimum absolute atomic E-state index is 0.222. The fraction of sp³-hybridized carbons (Fsp3) is 0.609. The van der Waals surface area contributed by atoms with Crippen LogP contribution in [0.4, 0.5) is 0 Å². The Balaban J connectivity index is 1.49. The van der Waals surface area contributed by atoms with E-state index in [1.807, 2.05) is 25.1 Å². The molecule has 1 saturated heterocycles. The van der Waals surface area contributed by atoms with Gasteiger partial charge in [-0.25, -0.2) is 4.79 Å². The van der Waals surface area contributed by atoms with E-state index in [4.69, 9.17) is 9.47 Å². The summed E-state index contributed by atoms with van der Waals surface area (Å²) in [7, 11) is 3.72. The van der Waals surface area contributed by atoms with Crippen LogP contribution in [-0.4, -0.2) is 54.4 Å². The van der Waals surface area contributed by atoms with Crippen molar-refractivity contribution in [3.05, 3.63) is 35.5 Å². The number of methoxy groups -OCH3 is 1. The zero-order valence-electron chi connectivity index (χ0n) is 17.5. The third kappa shape index (κ3) is 3.25. The predicted molar refractivity (Wildman–Crippen MR) is 111 cm³/mol. The van der Waals surface area contributed by atoms with Crippen molar-refractivity contribution >= 4 is 16.9 Å². The largest absolute Gasteiger partial charge is 0.465 e. The first-order chi connectivity index (χ1) is 13.4. The average Bonchev–Trinajstić information content (AvgIpc) is 2.97. The number of likely N-dealkylation sites (N-methyl/N-ethyl adjacent to an activating group) is 1. The molecule has 0 amide bonds. The van der Waals surface area contributed by atoms with Gasteiger partial charge in [-0.3, -0.25) is 4.90 Å². The number of esters is 1. The summed E-state index contributed by atoms with van der Waals surface area (Å²) >= 11 is 0. The molecule has 2 aliphatic rings. The molecule has 28 heavy (non-hydrogen) atoms. The van der Waals surface area contributed by atoms with Crippen molar-refractivity contribution in [3.63, 3.8) is 0 Å². The molecule has 0 atom stereocenters. The second kappa shape index (κ2) is 7.53. The van der Waals surface area contributed by atoms with Gasteiger partial charge in [-0.15, -0.1) is 0 Å². The second-order valence-corrected chi connectivity index (χ2v) is 8.85. The van der Waals surface area contributed by atoms with Gasteiger partial charge in [-0.05, 0) is 58.6 Å². The Hall–Kier alpha value is -1.85. The summed E-state index contributed by atoms with van der Waals surface area (Å²) in [6, 6.07) is 8.83. The van der Waals surface area contributed by atoms with E-state index in [9.17, 15) is 4.79 Å². The zero-order valence-corrected chi connectivity index (χ0v) is 17.5. The van der Waals surface area contributed by atoms with E-state index in [0.717, 1.165) is 36.4 Å². The van der Waals surface area contributed by atoms with Gasteiger partial charge in [0.25, 0.3) is 0 Å². The van der Waals surface area contributed by atoms with Gasteiger partial charge >= 0.3 is 5.97 Å². The first kappa shape index (κ1) is 19.5. The summed E-state index contributed by atoms with van der Waals surface area (Å²) < 4.78 is 12.8. The minimum atomic E-state index is -0.242. The van der Waals surface area contributed by atoms with Crippen molar-refractivity contribution in [2.24, 2.45) is 5.92 Å². The molecule has 5 nitrogen and oxygen atoms in total. The molecule has 0 bridgehead atoms. The Bertz CT molecular complexity index is 860. The average molecular weight is 385 g/mol. The highest BCUT2D eigenvalue weighted by Crippen LogP contribution is 2.35. The molecular weight excluding hydrogens is 352 g/mol. The Labute approximate surface area is 167 Å². The molecule has 2 heterocycles. The lowest BCUT2D eigenvalue weighted by Gasteiger charge is -2.50. The molecule has 1 aliphatic carbocycles. The minimum Gasteiger partial charge on any atom is -0.465 e. The molecule has 1 aromatic carbocycles. The molecule has 0 spiro atoms. The standard InChI is InChI=1S/C23H32N2O3/c1-16-21(22(26)27-4)19-7-5-6-8-20(19)25(16)13-17-9-11-18(12-10-17)24(3)23(2)14-28-15-23/h5-8,17-18H,9-15H2,1-4H3. The lowest BCUT2D eigenvalue weighted by molar-refractivity contribution is -0.138. The van der Waals surface area contributed by atoms with E-state index in [2.05, 4.69) is 29.5 Å². The molecule has 1 aromatic heterocycles. The maximum absolute atomic E-state index is 12.3. The van der Waals surface area contributed by atoms with Crippen molar-refractivity contribution < 1.29 is 14.3 Å². The Morgan fingerprint density at radius 3 is 2.54 bits per heavy atom. The normalized spacial score (nSPS) is 24.3. The van der Waals surface area contributed by atoms with Crippen molar-refractivity contribution in [2.45, 2.75) is 57.7 Å². The summed E-state index contributed by atoms with van der Waals surface area (Å²) in [6.07, 6.45) is 4.93. The Kier molecular flexibility index (Phi) is 5.23. The van der Waals surface area contributed by atoms with Gasteiger partial charge in [0.15, 0.2) is 0 Å². The van der Waals surface area contributed by atoms with E-state index >= 15 is 0 Å². The summed E-state index contributed by atoms with van der Waals surface area (Å²) in [5.74, 6) is 0.406. The van der Waals surface area contributed by atoms with Crippen LogP contribution in [0.25, 0.3) is 10.9 Å². The highest BCUT2D eigenvalue weighted by molar-refractivity contribution is 6.05. The van der Waals surface area contributed by atoms with E-state index in [1.54, 1.807) is 0 Å². The molecule has 5 heteroatoms. The van der Waals surface area contributed by atoms with Crippen LogP contribution in [-0.2, 0) is 16.0 Å². The molecule has 0 N–H and O–H groups in total. The lowest BCUT2D eigenvalue weighted by atomic mass is 9.83. The highest BCUT2D eigenvalue weighted by atomic mass is 16.5. The number of carbonyl (C=O) groups excluding carboxylic acids is 1. The lowest BCUT2D eigenvalue weighted by Crippen LogP contribution is -2.61. The van der Waals surface area contributed by atoms with E-state index in [0.29, 0.717) is 17.5 Å². The molecule has 2 aromatic rings.